The number of alkyl halides is 1. The lowest BCUT2D eigenvalue weighted by atomic mass is 9.89. The molecule has 0 saturated carbocycles. The van der Waals surface area contributed by atoms with E-state index in [1.807, 2.05) is 20.8 Å². The second kappa shape index (κ2) is 3.62. The van der Waals surface area contributed by atoms with Gasteiger partial charge < -0.3 is 0 Å². The van der Waals surface area contributed by atoms with Crippen LogP contribution >= 0.6 is 11.6 Å². The molecule has 1 aromatic heterocycles. The zero-order valence-electron chi connectivity index (χ0n) is 8.06. The van der Waals surface area contributed by atoms with Crippen molar-refractivity contribution < 1.29 is 4.39 Å². The summed E-state index contributed by atoms with van der Waals surface area (Å²) in [7, 11) is 0. The summed E-state index contributed by atoms with van der Waals surface area (Å²) in [5, 5.41) is 0. The van der Waals surface area contributed by atoms with Gasteiger partial charge in [0.1, 0.15) is 5.82 Å². The highest BCUT2D eigenvalue weighted by molar-refractivity contribution is 6.17. The van der Waals surface area contributed by atoms with Gasteiger partial charge in [-0.1, -0.05) is 20.8 Å². The molecule has 0 bridgehead atoms. The monoisotopic (exact) mass is 201 g/mol. The molecule has 3 heteroatoms. The molecule has 1 aromatic rings. The highest BCUT2D eigenvalue weighted by atomic mass is 35.5. The van der Waals surface area contributed by atoms with Gasteiger partial charge in [0.25, 0.3) is 0 Å². The maximum Gasteiger partial charge on any atom is 0.141 e. The smallest absolute Gasteiger partial charge is 0.141 e. The molecule has 0 atom stereocenters. The summed E-state index contributed by atoms with van der Waals surface area (Å²) in [6, 6.07) is 1.45. The first-order valence-electron chi connectivity index (χ1n) is 4.16. The average Bonchev–Trinajstić information content (AvgIpc) is 2.01. The number of hydrogen-bond acceptors (Lipinski definition) is 1. The second-order valence-electron chi connectivity index (χ2n) is 4.04. The van der Waals surface area contributed by atoms with Gasteiger partial charge in [0.2, 0.25) is 0 Å². The molecule has 0 N–H and O–H groups in total. The molecule has 0 aliphatic rings. The molecule has 1 nitrogen and oxygen atoms in total. The molecular formula is C10H13ClFN. The molecule has 0 spiro atoms. The predicted octanol–water partition coefficient (Wildman–Crippen LogP) is 3.26. The Morgan fingerprint density at radius 2 is 2.08 bits per heavy atom. The summed E-state index contributed by atoms with van der Waals surface area (Å²) >= 11 is 5.70. The lowest BCUT2D eigenvalue weighted by Gasteiger charge is -2.20. The number of nitrogens with zero attached hydrogens (tertiary/aromatic N) is 1. The molecule has 0 aliphatic heterocycles. The summed E-state index contributed by atoms with van der Waals surface area (Å²) < 4.78 is 12.8. The summed E-state index contributed by atoms with van der Waals surface area (Å²) in [5.74, 6) is -0.0270. The van der Waals surface area contributed by atoms with Crippen LogP contribution < -0.4 is 0 Å². The first-order valence-corrected chi connectivity index (χ1v) is 4.69. The van der Waals surface area contributed by atoms with E-state index in [0.717, 1.165) is 11.3 Å². The van der Waals surface area contributed by atoms with E-state index < -0.39 is 0 Å². The second-order valence-corrected chi connectivity index (χ2v) is 4.31. The van der Waals surface area contributed by atoms with Crippen LogP contribution in [0.3, 0.4) is 0 Å². The first-order chi connectivity index (χ1) is 5.95. The third-order valence-electron chi connectivity index (χ3n) is 1.79. The summed E-state index contributed by atoms with van der Waals surface area (Å²) in [6.07, 6.45) is 1.23. The number of hydrogen-bond donors (Lipinski definition) is 0. The number of rotatable bonds is 1. The SMILES string of the molecule is CC(C)(C)c1ncc(F)cc1CCl. The fraction of sp³-hybridized carbons (Fsp3) is 0.500. The van der Waals surface area contributed by atoms with Crippen molar-refractivity contribution in [2.75, 3.05) is 0 Å². The molecule has 0 unspecified atom stereocenters. The van der Waals surface area contributed by atoms with E-state index in [4.69, 9.17) is 11.6 Å². The topological polar surface area (TPSA) is 12.9 Å². The van der Waals surface area contributed by atoms with Crippen LogP contribution in [0.1, 0.15) is 32.0 Å². The fourth-order valence-corrected chi connectivity index (χ4v) is 1.46. The van der Waals surface area contributed by atoms with Crippen molar-refractivity contribution in [3.05, 3.63) is 29.3 Å². The molecule has 0 aliphatic carbocycles. The molecule has 0 saturated heterocycles. The Hall–Kier alpha value is -0.630. The summed E-state index contributed by atoms with van der Waals surface area (Å²) in [6.45, 7) is 6.09. The normalized spacial score (nSPS) is 11.8. The Morgan fingerprint density at radius 3 is 2.54 bits per heavy atom. The Balaban J connectivity index is 3.22. The molecule has 0 fully saturated rings. The van der Waals surface area contributed by atoms with Crippen molar-refractivity contribution in [1.82, 2.24) is 4.98 Å². The van der Waals surface area contributed by atoms with E-state index in [-0.39, 0.29) is 11.2 Å². The largest absolute Gasteiger partial charge is 0.257 e. The molecule has 1 rings (SSSR count). The minimum Gasteiger partial charge on any atom is -0.257 e. The van der Waals surface area contributed by atoms with Crippen molar-refractivity contribution in [3.63, 3.8) is 0 Å². The van der Waals surface area contributed by atoms with Crippen LogP contribution in [0.2, 0.25) is 0 Å². The van der Waals surface area contributed by atoms with E-state index in [0.29, 0.717) is 5.88 Å². The van der Waals surface area contributed by atoms with Crippen molar-refractivity contribution in [2.45, 2.75) is 32.1 Å². The predicted molar refractivity (Wildman–Crippen MR) is 52.5 cm³/mol. The van der Waals surface area contributed by atoms with Gasteiger partial charge in [-0.15, -0.1) is 11.6 Å². The number of aromatic nitrogens is 1. The standard InChI is InChI=1S/C10H13ClFN/c1-10(2,3)9-7(5-11)4-8(12)6-13-9/h4,6H,5H2,1-3H3. The molecule has 72 valence electrons. The molecule has 0 aromatic carbocycles. The molecule has 0 radical (unpaired) electrons. The Kier molecular flexibility index (Phi) is 2.91. The first kappa shape index (κ1) is 10.5. The van der Waals surface area contributed by atoms with Crippen molar-refractivity contribution in [2.24, 2.45) is 0 Å². The third-order valence-corrected chi connectivity index (χ3v) is 2.08. The van der Waals surface area contributed by atoms with Gasteiger partial charge in [-0.25, -0.2) is 4.39 Å². The number of pyridine rings is 1. The summed E-state index contributed by atoms with van der Waals surface area (Å²) in [4.78, 5) is 4.06. The van der Waals surface area contributed by atoms with Crippen molar-refractivity contribution in [3.8, 4) is 0 Å². The Labute approximate surface area is 82.9 Å². The molecule has 13 heavy (non-hydrogen) atoms. The van der Waals surface area contributed by atoms with Gasteiger partial charge >= 0.3 is 0 Å². The van der Waals surface area contributed by atoms with Gasteiger partial charge in [-0.2, -0.15) is 0 Å². The quantitative estimate of drug-likeness (QED) is 0.636. The van der Waals surface area contributed by atoms with Crippen LogP contribution in [-0.2, 0) is 11.3 Å². The Bertz CT molecular complexity index is 304. The van der Waals surface area contributed by atoms with Crippen LogP contribution in [0.25, 0.3) is 0 Å². The van der Waals surface area contributed by atoms with E-state index in [1.165, 1.54) is 12.3 Å². The molecular weight excluding hydrogens is 189 g/mol. The van der Waals surface area contributed by atoms with Crippen molar-refractivity contribution in [1.29, 1.82) is 0 Å². The maximum atomic E-state index is 12.8. The van der Waals surface area contributed by atoms with E-state index in [9.17, 15) is 4.39 Å². The summed E-state index contributed by atoms with van der Waals surface area (Å²) in [5.41, 5.74) is 1.55. The number of halogens is 2. The zero-order valence-corrected chi connectivity index (χ0v) is 8.82. The zero-order chi connectivity index (χ0) is 10.1. The molecule has 1 heterocycles. The van der Waals surface area contributed by atoms with Gasteiger partial charge in [0.05, 0.1) is 11.9 Å². The van der Waals surface area contributed by atoms with Crippen LogP contribution in [-0.4, -0.2) is 4.98 Å². The lowest BCUT2D eigenvalue weighted by molar-refractivity contribution is 0.551. The van der Waals surface area contributed by atoms with Gasteiger partial charge in [0, 0.05) is 11.3 Å². The van der Waals surface area contributed by atoms with Crippen molar-refractivity contribution >= 4 is 11.6 Å². The average molecular weight is 202 g/mol. The van der Waals surface area contributed by atoms with Gasteiger partial charge in [0.15, 0.2) is 0 Å². The van der Waals surface area contributed by atoms with Crippen LogP contribution in [0.5, 0.6) is 0 Å². The van der Waals surface area contributed by atoms with E-state index in [1.54, 1.807) is 0 Å². The minimum atomic E-state index is -0.330. The van der Waals surface area contributed by atoms with Gasteiger partial charge in [-0.3, -0.25) is 4.98 Å². The van der Waals surface area contributed by atoms with Gasteiger partial charge in [-0.05, 0) is 11.6 Å². The molecule has 0 amide bonds. The highest BCUT2D eigenvalue weighted by Gasteiger charge is 2.19. The minimum absolute atomic E-state index is 0.0854. The maximum absolute atomic E-state index is 12.8. The lowest BCUT2D eigenvalue weighted by Crippen LogP contribution is -2.16. The van der Waals surface area contributed by atoms with E-state index >= 15 is 0 Å². The van der Waals surface area contributed by atoms with E-state index in [2.05, 4.69) is 4.98 Å². The Morgan fingerprint density at radius 1 is 1.46 bits per heavy atom. The fourth-order valence-electron chi connectivity index (χ4n) is 1.26. The van der Waals surface area contributed by atoms with Crippen LogP contribution in [0.15, 0.2) is 12.3 Å². The van der Waals surface area contributed by atoms with Crippen LogP contribution in [0, 0.1) is 5.82 Å². The highest BCUT2D eigenvalue weighted by Crippen LogP contribution is 2.25. The van der Waals surface area contributed by atoms with Crippen LogP contribution in [0.4, 0.5) is 4.39 Å². The third kappa shape index (κ3) is 2.41.